The lowest BCUT2D eigenvalue weighted by Crippen LogP contribution is -2.44. The van der Waals surface area contributed by atoms with E-state index in [9.17, 15) is 4.79 Å². The van der Waals surface area contributed by atoms with Crippen LogP contribution < -0.4 is 5.32 Å². The molecule has 0 bridgehead atoms. The van der Waals surface area contributed by atoms with Gasteiger partial charge < -0.3 is 10.2 Å². The molecule has 5 heteroatoms. The van der Waals surface area contributed by atoms with Gasteiger partial charge in [0.2, 0.25) is 5.91 Å². The molecule has 1 saturated heterocycles. The predicted molar refractivity (Wildman–Crippen MR) is 87.9 cm³/mol. The second kappa shape index (κ2) is 7.05. The van der Waals surface area contributed by atoms with Crippen molar-refractivity contribution in [3.05, 3.63) is 20.8 Å². The van der Waals surface area contributed by atoms with Gasteiger partial charge in [-0.05, 0) is 54.4 Å². The van der Waals surface area contributed by atoms with Crippen LogP contribution in [-0.2, 0) is 11.3 Å². The molecular weight excluding hydrogens is 336 g/mol. The molecule has 1 unspecified atom stereocenters. The maximum atomic E-state index is 13.0. The van der Waals surface area contributed by atoms with Crippen molar-refractivity contribution in [1.82, 2.24) is 10.2 Å². The third kappa shape index (κ3) is 3.43. The van der Waals surface area contributed by atoms with E-state index in [-0.39, 0.29) is 5.41 Å². The largest absolute Gasteiger partial charge is 0.337 e. The highest BCUT2D eigenvalue weighted by Gasteiger charge is 2.42. The Morgan fingerprint density at radius 3 is 2.80 bits per heavy atom. The number of halogens is 1. The minimum atomic E-state index is -0.167. The summed E-state index contributed by atoms with van der Waals surface area (Å²) in [5.41, 5.74) is -0.167. The normalized spacial score (nSPS) is 22.1. The minimum Gasteiger partial charge on any atom is -0.337 e. The Hall–Kier alpha value is -0.390. The second-order valence-corrected chi connectivity index (χ2v) is 8.03. The van der Waals surface area contributed by atoms with Gasteiger partial charge in [0.1, 0.15) is 0 Å². The molecule has 1 aromatic heterocycles. The molecule has 0 aliphatic carbocycles. The molecular formula is C15H23BrN2OS. The number of hydrogen-bond donors (Lipinski definition) is 1. The lowest BCUT2D eigenvalue weighted by atomic mass is 9.81. The lowest BCUT2D eigenvalue weighted by molar-refractivity contribution is -0.142. The summed E-state index contributed by atoms with van der Waals surface area (Å²) in [5.74, 6) is 0.330. The molecule has 0 radical (unpaired) electrons. The van der Waals surface area contributed by atoms with Crippen LogP contribution in [0.25, 0.3) is 0 Å². The Balaban J connectivity index is 2.11. The second-order valence-electron chi connectivity index (χ2n) is 5.48. The fourth-order valence-corrected chi connectivity index (χ4v) is 4.51. The summed E-state index contributed by atoms with van der Waals surface area (Å²) in [6.45, 7) is 7.55. The average Bonchev–Trinajstić information content (AvgIpc) is 3.06. The first kappa shape index (κ1) is 16.0. The average molecular weight is 359 g/mol. The van der Waals surface area contributed by atoms with Crippen molar-refractivity contribution in [3.8, 4) is 0 Å². The number of amides is 1. The molecule has 3 nitrogen and oxygen atoms in total. The van der Waals surface area contributed by atoms with Gasteiger partial charge in [0, 0.05) is 18.0 Å². The Labute approximate surface area is 133 Å². The molecule has 0 aromatic carbocycles. The summed E-state index contributed by atoms with van der Waals surface area (Å²) in [4.78, 5) is 16.2. The van der Waals surface area contributed by atoms with E-state index < -0.39 is 0 Å². The first-order valence-corrected chi connectivity index (χ1v) is 8.96. The zero-order chi connectivity index (χ0) is 14.6. The topological polar surface area (TPSA) is 32.3 Å². The van der Waals surface area contributed by atoms with Crippen LogP contribution in [-0.4, -0.2) is 30.4 Å². The summed E-state index contributed by atoms with van der Waals surface area (Å²) in [6, 6.07) is 4.15. The first-order valence-electron chi connectivity index (χ1n) is 7.35. The number of carbonyl (C=O) groups is 1. The highest BCUT2D eigenvalue weighted by molar-refractivity contribution is 9.11. The molecule has 0 spiro atoms. The third-order valence-electron chi connectivity index (χ3n) is 4.07. The number of carbonyl (C=O) groups excluding carboxylic acids is 1. The van der Waals surface area contributed by atoms with E-state index in [4.69, 9.17) is 0 Å². The Morgan fingerprint density at radius 1 is 1.50 bits per heavy atom. The third-order valence-corrected chi connectivity index (χ3v) is 5.68. The zero-order valence-corrected chi connectivity index (χ0v) is 14.6. The Morgan fingerprint density at radius 2 is 2.30 bits per heavy atom. The molecule has 1 atom stereocenters. The smallest absolute Gasteiger partial charge is 0.230 e. The number of thiophene rings is 1. The van der Waals surface area contributed by atoms with E-state index >= 15 is 0 Å². The number of rotatable bonds is 6. The van der Waals surface area contributed by atoms with Crippen LogP contribution in [0.1, 0.15) is 38.0 Å². The standard InChI is InChI=1S/C15H23BrN2OS/c1-3-7-15(8-9-17-11-15)14(19)18(4-2)10-12-5-6-13(16)20-12/h5-6,17H,3-4,7-11H2,1-2H3. The zero-order valence-electron chi connectivity index (χ0n) is 12.2. The SMILES string of the molecule is CCCC1(C(=O)N(CC)Cc2ccc(Br)s2)CCNC1. The van der Waals surface area contributed by atoms with Crippen LogP contribution in [0.2, 0.25) is 0 Å². The lowest BCUT2D eigenvalue weighted by Gasteiger charge is -2.33. The Bertz CT molecular complexity index is 454. The van der Waals surface area contributed by atoms with Crippen LogP contribution in [0, 0.1) is 5.41 Å². The van der Waals surface area contributed by atoms with E-state index in [1.165, 1.54) is 4.88 Å². The fraction of sp³-hybridized carbons (Fsp3) is 0.667. The van der Waals surface area contributed by atoms with Crippen molar-refractivity contribution in [2.75, 3.05) is 19.6 Å². The van der Waals surface area contributed by atoms with Gasteiger partial charge >= 0.3 is 0 Å². The van der Waals surface area contributed by atoms with Gasteiger partial charge in [-0.2, -0.15) is 0 Å². The van der Waals surface area contributed by atoms with Crippen molar-refractivity contribution >= 4 is 33.2 Å². The van der Waals surface area contributed by atoms with Crippen molar-refractivity contribution in [3.63, 3.8) is 0 Å². The van der Waals surface area contributed by atoms with Crippen molar-refractivity contribution in [2.45, 2.75) is 39.7 Å². The number of hydrogen-bond acceptors (Lipinski definition) is 3. The Kier molecular flexibility index (Phi) is 5.64. The molecule has 1 fully saturated rings. The van der Waals surface area contributed by atoms with Crippen molar-refractivity contribution in [2.24, 2.45) is 5.41 Å². The highest BCUT2D eigenvalue weighted by Crippen LogP contribution is 2.34. The van der Waals surface area contributed by atoms with Gasteiger partial charge in [-0.1, -0.05) is 13.3 Å². The van der Waals surface area contributed by atoms with E-state index in [0.717, 1.165) is 49.2 Å². The summed E-state index contributed by atoms with van der Waals surface area (Å²) < 4.78 is 1.13. The van der Waals surface area contributed by atoms with Crippen LogP contribution in [0.4, 0.5) is 0 Å². The van der Waals surface area contributed by atoms with E-state index in [0.29, 0.717) is 5.91 Å². The van der Waals surface area contributed by atoms with Gasteiger partial charge in [0.05, 0.1) is 15.7 Å². The summed E-state index contributed by atoms with van der Waals surface area (Å²) >= 11 is 5.20. The number of nitrogens with zero attached hydrogens (tertiary/aromatic N) is 1. The fourth-order valence-electron chi connectivity index (χ4n) is 3.01. The summed E-state index contributed by atoms with van der Waals surface area (Å²) in [5, 5.41) is 3.37. The van der Waals surface area contributed by atoms with Gasteiger partial charge in [-0.15, -0.1) is 11.3 Å². The maximum Gasteiger partial charge on any atom is 0.230 e. The molecule has 1 aliphatic rings. The molecule has 20 heavy (non-hydrogen) atoms. The van der Waals surface area contributed by atoms with Gasteiger partial charge in [-0.25, -0.2) is 0 Å². The monoisotopic (exact) mass is 358 g/mol. The summed E-state index contributed by atoms with van der Waals surface area (Å²) in [7, 11) is 0. The molecule has 2 rings (SSSR count). The van der Waals surface area contributed by atoms with Crippen molar-refractivity contribution in [1.29, 1.82) is 0 Å². The molecule has 112 valence electrons. The molecule has 0 saturated carbocycles. The van der Waals surface area contributed by atoms with Crippen LogP contribution in [0.5, 0.6) is 0 Å². The highest BCUT2D eigenvalue weighted by atomic mass is 79.9. The van der Waals surface area contributed by atoms with Gasteiger partial charge in [0.25, 0.3) is 0 Å². The van der Waals surface area contributed by atoms with Crippen LogP contribution >= 0.6 is 27.3 Å². The molecule has 1 amide bonds. The number of nitrogens with one attached hydrogen (secondary N) is 1. The minimum absolute atomic E-state index is 0.167. The van der Waals surface area contributed by atoms with Gasteiger partial charge in [0.15, 0.2) is 0 Å². The van der Waals surface area contributed by atoms with Crippen LogP contribution in [0.3, 0.4) is 0 Å². The molecule has 1 aliphatic heterocycles. The van der Waals surface area contributed by atoms with E-state index in [1.807, 2.05) is 4.90 Å². The molecule has 1 aromatic rings. The molecule has 1 N–H and O–H groups in total. The quantitative estimate of drug-likeness (QED) is 0.841. The predicted octanol–water partition coefficient (Wildman–Crippen LogP) is 3.64. The van der Waals surface area contributed by atoms with E-state index in [1.54, 1.807) is 11.3 Å². The maximum absolute atomic E-state index is 13.0. The van der Waals surface area contributed by atoms with E-state index in [2.05, 4.69) is 47.2 Å². The summed E-state index contributed by atoms with van der Waals surface area (Å²) in [6.07, 6.45) is 3.03. The van der Waals surface area contributed by atoms with Gasteiger partial charge in [-0.3, -0.25) is 4.79 Å². The first-order chi connectivity index (χ1) is 9.61. The molecule has 2 heterocycles. The van der Waals surface area contributed by atoms with Crippen molar-refractivity contribution < 1.29 is 4.79 Å². The van der Waals surface area contributed by atoms with Crippen LogP contribution in [0.15, 0.2) is 15.9 Å².